The van der Waals surface area contributed by atoms with Crippen molar-refractivity contribution in [2.24, 2.45) is 29.6 Å². The van der Waals surface area contributed by atoms with Gasteiger partial charge in [0, 0.05) is 5.92 Å². The molecule has 0 aromatic heterocycles. The predicted octanol–water partition coefficient (Wildman–Crippen LogP) is 6.01. The topological polar surface area (TPSA) is 17.1 Å². The van der Waals surface area contributed by atoms with Gasteiger partial charge in [0.25, 0.3) is 0 Å². The number of rotatable bonds is 6. The molecule has 1 heteroatoms. The predicted molar refractivity (Wildman–Crippen MR) is 90.3 cm³/mol. The number of carbonyl (C=O) groups is 1. The summed E-state index contributed by atoms with van der Waals surface area (Å²) in [6, 6.07) is 0. The second kappa shape index (κ2) is 8.34. The maximum absolute atomic E-state index is 11.5. The second-order valence-corrected chi connectivity index (χ2v) is 8.04. The Balaban J connectivity index is 1.75. The molecule has 2 fully saturated rings. The Morgan fingerprint density at radius 1 is 1.00 bits per heavy atom. The highest BCUT2D eigenvalue weighted by molar-refractivity contribution is 5.78. The van der Waals surface area contributed by atoms with E-state index in [0.717, 1.165) is 23.7 Å². The van der Waals surface area contributed by atoms with Crippen molar-refractivity contribution in [1.29, 1.82) is 0 Å². The number of unbranched alkanes of at least 4 members (excludes halogenated alkanes) is 2. The lowest BCUT2D eigenvalue weighted by Gasteiger charge is -2.41. The summed E-state index contributed by atoms with van der Waals surface area (Å²) >= 11 is 0. The van der Waals surface area contributed by atoms with Crippen molar-refractivity contribution >= 4 is 5.78 Å². The first-order valence-electron chi connectivity index (χ1n) is 9.62. The van der Waals surface area contributed by atoms with Crippen LogP contribution >= 0.6 is 0 Å². The molecule has 2 aliphatic rings. The SMILES string of the molecule is CCCCCC1CCC(C2CCC(C(C)=O)CC2)C(C)C1. The van der Waals surface area contributed by atoms with E-state index < -0.39 is 0 Å². The third kappa shape index (κ3) is 4.83. The highest BCUT2D eigenvalue weighted by Crippen LogP contribution is 2.45. The van der Waals surface area contributed by atoms with E-state index in [-0.39, 0.29) is 0 Å². The molecular formula is C20H36O. The maximum atomic E-state index is 11.5. The van der Waals surface area contributed by atoms with Crippen LogP contribution in [0.3, 0.4) is 0 Å². The molecule has 2 rings (SSSR count). The van der Waals surface area contributed by atoms with Crippen LogP contribution in [0.25, 0.3) is 0 Å². The molecule has 0 saturated heterocycles. The van der Waals surface area contributed by atoms with Crippen molar-refractivity contribution in [2.75, 3.05) is 0 Å². The van der Waals surface area contributed by atoms with Gasteiger partial charge in [-0.05, 0) is 69.1 Å². The molecule has 0 spiro atoms. The van der Waals surface area contributed by atoms with E-state index in [4.69, 9.17) is 0 Å². The zero-order valence-corrected chi connectivity index (χ0v) is 14.6. The van der Waals surface area contributed by atoms with E-state index in [1.807, 2.05) is 0 Å². The van der Waals surface area contributed by atoms with Gasteiger partial charge in [-0.1, -0.05) is 46.0 Å². The van der Waals surface area contributed by atoms with Crippen LogP contribution in [0.2, 0.25) is 0 Å². The summed E-state index contributed by atoms with van der Waals surface area (Å²) in [7, 11) is 0. The molecule has 2 saturated carbocycles. The molecule has 0 aromatic carbocycles. The van der Waals surface area contributed by atoms with Gasteiger partial charge in [-0.15, -0.1) is 0 Å². The first-order chi connectivity index (χ1) is 10.1. The van der Waals surface area contributed by atoms with Crippen molar-refractivity contribution in [3.05, 3.63) is 0 Å². The van der Waals surface area contributed by atoms with E-state index in [0.29, 0.717) is 11.7 Å². The van der Waals surface area contributed by atoms with Crippen molar-refractivity contribution < 1.29 is 4.79 Å². The van der Waals surface area contributed by atoms with E-state index in [1.165, 1.54) is 70.6 Å². The van der Waals surface area contributed by atoms with Crippen LogP contribution < -0.4 is 0 Å². The highest BCUT2D eigenvalue weighted by atomic mass is 16.1. The molecule has 0 aromatic rings. The first-order valence-corrected chi connectivity index (χ1v) is 9.62. The first kappa shape index (κ1) is 17.0. The maximum Gasteiger partial charge on any atom is 0.132 e. The lowest BCUT2D eigenvalue weighted by molar-refractivity contribution is -0.122. The van der Waals surface area contributed by atoms with Crippen molar-refractivity contribution in [2.45, 2.75) is 91.4 Å². The average molecular weight is 293 g/mol. The van der Waals surface area contributed by atoms with Gasteiger partial charge in [0.1, 0.15) is 5.78 Å². The standard InChI is InChI=1S/C20H36O/c1-4-5-6-7-17-8-13-20(15(2)14-17)19-11-9-18(10-12-19)16(3)21/h15,17-20H,4-14H2,1-3H3. The van der Waals surface area contributed by atoms with Crippen LogP contribution in [-0.2, 0) is 4.79 Å². The Morgan fingerprint density at radius 2 is 1.71 bits per heavy atom. The van der Waals surface area contributed by atoms with Gasteiger partial charge in [0.05, 0.1) is 0 Å². The monoisotopic (exact) mass is 292 g/mol. The fraction of sp³-hybridized carbons (Fsp3) is 0.950. The number of ketones is 1. The quantitative estimate of drug-likeness (QED) is 0.547. The molecule has 0 amide bonds. The zero-order chi connectivity index (χ0) is 15.2. The number of Topliss-reactive ketones (excluding diaryl/α,β-unsaturated/α-hetero) is 1. The molecule has 21 heavy (non-hydrogen) atoms. The molecule has 2 aliphatic carbocycles. The molecular weight excluding hydrogens is 256 g/mol. The average Bonchev–Trinajstić information content (AvgIpc) is 2.48. The van der Waals surface area contributed by atoms with Crippen molar-refractivity contribution in [3.63, 3.8) is 0 Å². The van der Waals surface area contributed by atoms with Gasteiger partial charge in [0.15, 0.2) is 0 Å². The normalized spacial score (nSPS) is 37.4. The van der Waals surface area contributed by atoms with Crippen molar-refractivity contribution in [3.8, 4) is 0 Å². The number of carbonyl (C=O) groups excluding carboxylic acids is 1. The Bertz CT molecular complexity index is 314. The lowest BCUT2D eigenvalue weighted by atomic mass is 9.64. The lowest BCUT2D eigenvalue weighted by Crippen LogP contribution is -2.32. The van der Waals surface area contributed by atoms with Gasteiger partial charge >= 0.3 is 0 Å². The van der Waals surface area contributed by atoms with E-state index >= 15 is 0 Å². The minimum Gasteiger partial charge on any atom is -0.300 e. The molecule has 0 bridgehead atoms. The summed E-state index contributed by atoms with van der Waals surface area (Å²) in [5.74, 6) is 4.64. The molecule has 3 unspecified atom stereocenters. The minimum absolute atomic E-state index is 0.391. The zero-order valence-electron chi connectivity index (χ0n) is 14.6. The van der Waals surface area contributed by atoms with Gasteiger partial charge in [-0.3, -0.25) is 4.79 Å². The Morgan fingerprint density at radius 3 is 2.29 bits per heavy atom. The van der Waals surface area contributed by atoms with Crippen molar-refractivity contribution in [1.82, 2.24) is 0 Å². The summed E-state index contributed by atoms with van der Waals surface area (Å²) in [6.45, 7) is 6.60. The molecule has 122 valence electrons. The third-order valence-electron chi connectivity index (χ3n) is 6.51. The van der Waals surface area contributed by atoms with Crippen LogP contribution in [0.4, 0.5) is 0 Å². The Labute approximate surface area is 132 Å². The third-order valence-corrected chi connectivity index (χ3v) is 6.51. The molecule has 0 N–H and O–H groups in total. The van der Waals surface area contributed by atoms with Gasteiger partial charge in [-0.25, -0.2) is 0 Å². The molecule has 3 atom stereocenters. The van der Waals surface area contributed by atoms with Crippen LogP contribution in [0.5, 0.6) is 0 Å². The smallest absolute Gasteiger partial charge is 0.132 e. The molecule has 1 nitrogen and oxygen atoms in total. The second-order valence-electron chi connectivity index (χ2n) is 8.04. The fourth-order valence-corrected chi connectivity index (χ4v) is 5.13. The highest BCUT2D eigenvalue weighted by Gasteiger charge is 2.35. The summed E-state index contributed by atoms with van der Waals surface area (Å²) in [5.41, 5.74) is 0. The summed E-state index contributed by atoms with van der Waals surface area (Å²) in [4.78, 5) is 11.5. The summed E-state index contributed by atoms with van der Waals surface area (Å²) < 4.78 is 0. The van der Waals surface area contributed by atoms with Crippen LogP contribution in [-0.4, -0.2) is 5.78 Å². The van der Waals surface area contributed by atoms with E-state index in [2.05, 4.69) is 13.8 Å². The molecule has 0 heterocycles. The van der Waals surface area contributed by atoms with E-state index in [1.54, 1.807) is 6.92 Å². The molecule has 0 aliphatic heterocycles. The number of hydrogen-bond donors (Lipinski definition) is 0. The van der Waals surface area contributed by atoms with Gasteiger partial charge < -0.3 is 0 Å². The van der Waals surface area contributed by atoms with Crippen LogP contribution in [0.15, 0.2) is 0 Å². The summed E-state index contributed by atoms with van der Waals surface area (Å²) in [5, 5.41) is 0. The van der Waals surface area contributed by atoms with Crippen LogP contribution in [0.1, 0.15) is 91.4 Å². The van der Waals surface area contributed by atoms with E-state index in [9.17, 15) is 4.79 Å². The fourth-order valence-electron chi connectivity index (χ4n) is 5.13. The minimum atomic E-state index is 0.391. The Hall–Kier alpha value is -0.330. The van der Waals surface area contributed by atoms with Gasteiger partial charge in [0.2, 0.25) is 0 Å². The molecule has 0 radical (unpaired) electrons. The summed E-state index contributed by atoms with van der Waals surface area (Å²) in [6.07, 6.45) is 15.1. The van der Waals surface area contributed by atoms with Gasteiger partial charge in [-0.2, -0.15) is 0 Å². The largest absolute Gasteiger partial charge is 0.300 e. The van der Waals surface area contributed by atoms with Crippen LogP contribution in [0, 0.1) is 29.6 Å². The Kier molecular flexibility index (Phi) is 6.76. The number of hydrogen-bond acceptors (Lipinski definition) is 1.